The van der Waals surface area contributed by atoms with Gasteiger partial charge in [-0.2, -0.15) is 0 Å². The number of carbonyl (C=O) groups excluding carboxylic acids is 1. The molecular formula is C14H10FNO4. The number of aryl methyl sites for hydroxylation is 1. The van der Waals surface area contributed by atoms with E-state index in [1.807, 2.05) is 0 Å². The minimum Gasteiger partial charge on any atom is -0.454 e. The Morgan fingerprint density at radius 2 is 2.05 bits per heavy atom. The van der Waals surface area contributed by atoms with E-state index in [0.29, 0.717) is 11.8 Å². The summed E-state index contributed by atoms with van der Waals surface area (Å²) in [4.78, 5) is 20.9. The normalized spacial score (nSPS) is 10.1. The highest BCUT2D eigenvalue weighted by atomic mass is 19.1. The highest BCUT2D eigenvalue weighted by molar-refractivity contribution is 5.82. The molecule has 0 N–H and O–H groups in total. The second kappa shape index (κ2) is 5.48. The number of hydrogen-bond donors (Lipinski definition) is 0. The summed E-state index contributed by atoms with van der Waals surface area (Å²) in [6, 6.07) is 8.31. The summed E-state index contributed by atoms with van der Waals surface area (Å²) in [5.74, 6) is -0.364. The SMILES string of the molecule is Cc1cccc(Oc2ccc([N+](=O)[O-])c(C=O)c2)c1F. The van der Waals surface area contributed by atoms with E-state index in [-0.39, 0.29) is 22.7 Å². The maximum absolute atomic E-state index is 13.8. The molecule has 2 aromatic rings. The number of carbonyl (C=O) groups is 1. The zero-order valence-corrected chi connectivity index (χ0v) is 10.5. The van der Waals surface area contributed by atoms with E-state index >= 15 is 0 Å². The standard InChI is InChI=1S/C14H10FNO4/c1-9-3-2-4-13(14(9)15)20-11-5-6-12(16(18)19)10(7-11)8-17/h2-8H,1H3. The Labute approximate surface area is 113 Å². The van der Waals surface area contributed by atoms with Crippen LogP contribution in [-0.2, 0) is 0 Å². The van der Waals surface area contributed by atoms with Gasteiger partial charge in [0.2, 0.25) is 0 Å². The molecule has 0 unspecified atom stereocenters. The van der Waals surface area contributed by atoms with Crippen molar-refractivity contribution in [3.8, 4) is 11.5 Å². The van der Waals surface area contributed by atoms with E-state index in [4.69, 9.17) is 4.74 Å². The lowest BCUT2D eigenvalue weighted by molar-refractivity contribution is -0.385. The number of rotatable bonds is 4. The summed E-state index contributed by atoms with van der Waals surface area (Å²) in [6.07, 6.45) is 0.359. The Kier molecular flexibility index (Phi) is 3.74. The van der Waals surface area contributed by atoms with Gasteiger partial charge in [-0.15, -0.1) is 0 Å². The minimum absolute atomic E-state index is 0.00398. The van der Waals surface area contributed by atoms with Crippen molar-refractivity contribution in [1.29, 1.82) is 0 Å². The number of hydrogen-bond acceptors (Lipinski definition) is 4. The molecule has 2 rings (SSSR count). The topological polar surface area (TPSA) is 69.4 Å². The van der Waals surface area contributed by atoms with Crippen LogP contribution in [0, 0.1) is 22.9 Å². The van der Waals surface area contributed by atoms with Gasteiger partial charge >= 0.3 is 0 Å². The second-order valence-corrected chi connectivity index (χ2v) is 4.08. The average molecular weight is 275 g/mol. The molecule has 0 spiro atoms. The van der Waals surface area contributed by atoms with Crippen LogP contribution in [0.4, 0.5) is 10.1 Å². The summed E-state index contributed by atoms with van der Waals surface area (Å²) >= 11 is 0. The molecule has 0 bridgehead atoms. The van der Waals surface area contributed by atoms with Gasteiger partial charge in [0.1, 0.15) is 5.75 Å². The fourth-order valence-corrected chi connectivity index (χ4v) is 1.68. The number of nitro benzene ring substituents is 1. The maximum Gasteiger partial charge on any atom is 0.280 e. The van der Waals surface area contributed by atoms with Gasteiger partial charge in [-0.25, -0.2) is 4.39 Å². The lowest BCUT2D eigenvalue weighted by Gasteiger charge is -2.08. The van der Waals surface area contributed by atoms with Crippen LogP contribution in [0.1, 0.15) is 15.9 Å². The molecule has 6 heteroatoms. The van der Waals surface area contributed by atoms with Crippen LogP contribution in [0.25, 0.3) is 0 Å². The first kappa shape index (κ1) is 13.7. The van der Waals surface area contributed by atoms with Gasteiger partial charge in [0.15, 0.2) is 17.9 Å². The van der Waals surface area contributed by atoms with E-state index in [2.05, 4.69) is 0 Å². The lowest BCUT2D eigenvalue weighted by atomic mass is 10.2. The van der Waals surface area contributed by atoms with Crippen LogP contribution >= 0.6 is 0 Å². The van der Waals surface area contributed by atoms with Crippen molar-refractivity contribution in [1.82, 2.24) is 0 Å². The minimum atomic E-state index is -0.666. The van der Waals surface area contributed by atoms with E-state index in [1.54, 1.807) is 19.1 Å². The predicted molar refractivity (Wildman–Crippen MR) is 69.7 cm³/mol. The smallest absolute Gasteiger partial charge is 0.280 e. The lowest BCUT2D eigenvalue weighted by Crippen LogP contribution is -1.96. The number of halogens is 1. The van der Waals surface area contributed by atoms with Crippen LogP contribution in [-0.4, -0.2) is 11.2 Å². The van der Waals surface area contributed by atoms with Crippen LogP contribution in [0.5, 0.6) is 11.5 Å². The molecule has 0 aliphatic carbocycles. The van der Waals surface area contributed by atoms with Gasteiger partial charge in [0.25, 0.3) is 5.69 Å². The number of benzene rings is 2. The Morgan fingerprint density at radius 3 is 2.70 bits per heavy atom. The quantitative estimate of drug-likeness (QED) is 0.485. The Morgan fingerprint density at radius 1 is 1.30 bits per heavy atom. The zero-order chi connectivity index (χ0) is 14.7. The molecule has 0 saturated heterocycles. The molecule has 0 aliphatic rings. The first-order valence-electron chi connectivity index (χ1n) is 5.69. The molecule has 0 heterocycles. The fourth-order valence-electron chi connectivity index (χ4n) is 1.68. The number of nitro groups is 1. The van der Waals surface area contributed by atoms with Gasteiger partial charge in [-0.05, 0) is 30.7 Å². The Balaban J connectivity index is 2.37. The number of ether oxygens (including phenoxy) is 1. The van der Waals surface area contributed by atoms with E-state index in [0.717, 1.165) is 6.07 Å². The average Bonchev–Trinajstić information content (AvgIpc) is 2.43. The Hall–Kier alpha value is -2.76. The first-order valence-corrected chi connectivity index (χ1v) is 5.69. The monoisotopic (exact) mass is 275 g/mol. The van der Waals surface area contributed by atoms with Crippen molar-refractivity contribution >= 4 is 12.0 Å². The van der Waals surface area contributed by atoms with Crippen molar-refractivity contribution < 1.29 is 18.8 Å². The summed E-state index contributed by atoms with van der Waals surface area (Å²) in [6.45, 7) is 1.59. The zero-order valence-electron chi connectivity index (χ0n) is 10.5. The van der Waals surface area contributed by atoms with Crippen LogP contribution in [0.2, 0.25) is 0 Å². The molecule has 2 aromatic carbocycles. The molecule has 0 aromatic heterocycles. The highest BCUT2D eigenvalue weighted by Crippen LogP contribution is 2.29. The summed E-state index contributed by atoms with van der Waals surface area (Å²) in [5, 5.41) is 10.7. The third-order valence-electron chi connectivity index (χ3n) is 2.71. The Bertz CT molecular complexity index is 685. The first-order chi connectivity index (χ1) is 9.52. The van der Waals surface area contributed by atoms with Gasteiger partial charge in [-0.3, -0.25) is 14.9 Å². The molecule has 0 fully saturated rings. The molecule has 20 heavy (non-hydrogen) atoms. The number of nitrogens with zero attached hydrogens (tertiary/aromatic N) is 1. The molecule has 102 valence electrons. The molecule has 0 amide bonds. The molecule has 5 nitrogen and oxygen atoms in total. The van der Waals surface area contributed by atoms with E-state index < -0.39 is 10.7 Å². The van der Waals surface area contributed by atoms with Crippen LogP contribution in [0.3, 0.4) is 0 Å². The molecule has 0 saturated carbocycles. The van der Waals surface area contributed by atoms with Crippen LogP contribution < -0.4 is 4.74 Å². The van der Waals surface area contributed by atoms with Gasteiger partial charge in [0.05, 0.1) is 10.5 Å². The van der Waals surface area contributed by atoms with Gasteiger partial charge < -0.3 is 4.74 Å². The maximum atomic E-state index is 13.8. The summed E-state index contributed by atoms with van der Waals surface area (Å²) < 4.78 is 19.1. The predicted octanol–water partition coefficient (Wildman–Crippen LogP) is 3.65. The molecular weight excluding hydrogens is 265 g/mol. The van der Waals surface area contributed by atoms with Crippen molar-refractivity contribution in [2.45, 2.75) is 6.92 Å². The molecule has 0 radical (unpaired) electrons. The fraction of sp³-hybridized carbons (Fsp3) is 0.0714. The molecule has 0 aliphatic heterocycles. The third kappa shape index (κ3) is 2.64. The van der Waals surface area contributed by atoms with Gasteiger partial charge in [0, 0.05) is 6.07 Å². The van der Waals surface area contributed by atoms with Gasteiger partial charge in [-0.1, -0.05) is 12.1 Å². The number of aldehydes is 1. The third-order valence-corrected chi connectivity index (χ3v) is 2.71. The van der Waals surface area contributed by atoms with Crippen LogP contribution in [0.15, 0.2) is 36.4 Å². The van der Waals surface area contributed by atoms with Crippen molar-refractivity contribution in [3.05, 3.63) is 63.5 Å². The van der Waals surface area contributed by atoms with Crippen molar-refractivity contribution in [3.63, 3.8) is 0 Å². The summed E-state index contributed by atoms with van der Waals surface area (Å²) in [7, 11) is 0. The molecule has 0 atom stereocenters. The van der Waals surface area contributed by atoms with Crippen molar-refractivity contribution in [2.75, 3.05) is 0 Å². The second-order valence-electron chi connectivity index (χ2n) is 4.08. The van der Waals surface area contributed by atoms with E-state index in [1.165, 1.54) is 18.2 Å². The van der Waals surface area contributed by atoms with Crippen molar-refractivity contribution in [2.24, 2.45) is 0 Å². The summed E-state index contributed by atoms with van der Waals surface area (Å²) in [5.41, 5.74) is -0.0300. The van der Waals surface area contributed by atoms with E-state index in [9.17, 15) is 19.3 Å². The largest absolute Gasteiger partial charge is 0.454 e. The highest BCUT2D eigenvalue weighted by Gasteiger charge is 2.15.